The van der Waals surface area contributed by atoms with E-state index >= 15 is 0 Å². The van der Waals surface area contributed by atoms with E-state index in [9.17, 15) is 4.79 Å². The molecule has 2 heterocycles. The summed E-state index contributed by atoms with van der Waals surface area (Å²) in [5.41, 5.74) is 2.56. The summed E-state index contributed by atoms with van der Waals surface area (Å²) in [5, 5.41) is 1.19. The molecular formula is C15H16ClN3O2P2. The molecule has 23 heavy (non-hydrogen) atoms. The van der Waals surface area contributed by atoms with Gasteiger partial charge in [0.25, 0.3) is 0 Å². The van der Waals surface area contributed by atoms with E-state index in [4.69, 9.17) is 16.3 Å². The number of carbonyl (C=O) groups excluding carboxylic acids is 1. The molecule has 5 nitrogen and oxygen atoms in total. The lowest BCUT2D eigenvalue weighted by Gasteiger charge is -2.02. The van der Waals surface area contributed by atoms with Crippen molar-refractivity contribution < 1.29 is 9.53 Å². The third-order valence-electron chi connectivity index (χ3n) is 3.22. The van der Waals surface area contributed by atoms with Crippen molar-refractivity contribution >= 4 is 46.3 Å². The minimum Gasteiger partial charge on any atom is -0.468 e. The smallest absolute Gasteiger partial charge is 0.325 e. The number of carbonyl (C=O) groups is 1. The van der Waals surface area contributed by atoms with Crippen molar-refractivity contribution in [3.63, 3.8) is 0 Å². The van der Waals surface area contributed by atoms with Gasteiger partial charge in [0, 0.05) is 28.9 Å². The predicted octanol–water partition coefficient (Wildman–Crippen LogP) is 3.58. The quantitative estimate of drug-likeness (QED) is 0.403. The van der Waals surface area contributed by atoms with Crippen LogP contribution in [0.2, 0.25) is 5.28 Å². The van der Waals surface area contributed by atoms with Gasteiger partial charge in [0.05, 0.1) is 12.8 Å². The molecule has 0 amide bonds. The van der Waals surface area contributed by atoms with Crippen molar-refractivity contribution in [1.82, 2.24) is 14.5 Å². The van der Waals surface area contributed by atoms with Gasteiger partial charge in [-0.1, -0.05) is 18.2 Å². The Morgan fingerprint density at radius 1 is 1.30 bits per heavy atom. The van der Waals surface area contributed by atoms with E-state index in [-0.39, 0.29) is 17.8 Å². The Morgan fingerprint density at radius 2 is 2.04 bits per heavy atom. The van der Waals surface area contributed by atoms with Crippen molar-refractivity contribution in [2.24, 2.45) is 0 Å². The van der Waals surface area contributed by atoms with Crippen LogP contribution in [-0.4, -0.2) is 27.6 Å². The topological polar surface area (TPSA) is 57.0 Å². The second-order valence-corrected chi connectivity index (χ2v) is 4.81. The van der Waals surface area contributed by atoms with E-state index in [0.29, 0.717) is 0 Å². The molecule has 3 aromatic rings. The Labute approximate surface area is 143 Å². The zero-order chi connectivity index (χ0) is 16.8. The first-order valence-corrected chi connectivity index (χ1v) is 9.70. The first-order valence-electron chi connectivity index (χ1n) is 6.66. The molecular weight excluding hydrogens is 352 g/mol. The van der Waals surface area contributed by atoms with Gasteiger partial charge in [0.15, 0.2) is 0 Å². The summed E-state index contributed by atoms with van der Waals surface area (Å²) >= 11 is 5.86. The number of aromatic nitrogens is 3. The highest BCUT2D eigenvalue weighted by molar-refractivity contribution is 7.92. The molecule has 0 radical (unpaired) electrons. The second-order valence-electron chi connectivity index (χ2n) is 4.47. The molecule has 0 N–H and O–H groups in total. The average molecular weight is 368 g/mol. The van der Waals surface area contributed by atoms with Gasteiger partial charge in [-0.3, -0.25) is 4.79 Å². The van der Waals surface area contributed by atoms with Crippen molar-refractivity contribution in [1.29, 1.82) is 0 Å². The van der Waals surface area contributed by atoms with Gasteiger partial charge in [-0.15, -0.1) is 17.9 Å². The molecule has 0 fully saturated rings. The number of esters is 1. The molecule has 2 aromatic heterocycles. The summed E-state index contributed by atoms with van der Waals surface area (Å²) in [5.74, 6) is -0.303. The molecule has 0 aliphatic carbocycles. The van der Waals surface area contributed by atoms with Crippen molar-refractivity contribution in [2.45, 2.75) is 6.54 Å². The van der Waals surface area contributed by atoms with Crippen LogP contribution in [0.5, 0.6) is 0 Å². The van der Waals surface area contributed by atoms with E-state index in [1.807, 2.05) is 35.0 Å². The Bertz CT molecular complexity index is 823. The summed E-state index contributed by atoms with van der Waals surface area (Å²) in [6.45, 7) is 0.149. The summed E-state index contributed by atoms with van der Waals surface area (Å²) in [7, 11) is 6.04. The Hall–Kier alpha value is -1.54. The number of fused-ring (bicyclic) bond motifs is 1. The fourth-order valence-corrected chi connectivity index (χ4v) is 2.42. The maximum absolute atomic E-state index is 11.5. The summed E-state index contributed by atoms with van der Waals surface area (Å²) in [6.07, 6.45) is 3.48. The summed E-state index contributed by atoms with van der Waals surface area (Å²) in [4.78, 5) is 19.7. The van der Waals surface area contributed by atoms with Crippen LogP contribution in [0.1, 0.15) is 0 Å². The largest absolute Gasteiger partial charge is 0.468 e. The summed E-state index contributed by atoms with van der Waals surface area (Å²) < 4.78 is 6.57. The standard InChI is InChI=1S/C15H12ClN3O2.H4P2/c1-21-14(20)9-19-8-11(10-4-2-3-5-13(10)19)12-6-7-17-15(16)18-12;1-2/h2-8H,9H2,1H3;1-2H2. The lowest BCUT2D eigenvalue weighted by molar-refractivity contribution is -0.141. The first-order chi connectivity index (χ1) is 11.2. The van der Waals surface area contributed by atoms with Crippen LogP contribution in [0.4, 0.5) is 0 Å². The first kappa shape index (κ1) is 17.8. The van der Waals surface area contributed by atoms with E-state index in [1.54, 1.807) is 12.3 Å². The number of nitrogens with zero attached hydrogens (tertiary/aromatic N) is 3. The predicted molar refractivity (Wildman–Crippen MR) is 99.4 cm³/mol. The van der Waals surface area contributed by atoms with E-state index < -0.39 is 0 Å². The second kappa shape index (κ2) is 8.35. The van der Waals surface area contributed by atoms with Gasteiger partial charge >= 0.3 is 5.97 Å². The van der Waals surface area contributed by atoms with Crippen LogP contribution < -0.4 is 0 Å². The molecule has 0 saturated heterocycles. The van der Waals surface area contributed by atoms with Crippen molar-refractivity contribution in [3.05, 3.63) is 48.0 Å². The Morgan fingerprint density at radius 3 is 2.74 bits per heavy atom. The van der Waals surface area contributed by atoms with Crippen LogP contribution in [0, 0.1) is 0 Å². The number of hydrogen-bond donors (Lipinski definition) is 0. The monoisotopic (exact) mass is 367 g/mol. The third kappa shape index (κ3) is 4.06. The van der Waals surface area contributed by atoms with E-state index in [1.165, 1.54) is 7.11 Å². The van der Waals surface area contributed by atoms with Crippen LogP contribution in [0.25, 0.3) is 22.2 Å². The zero-order valence-corrected chi connectivity index (χ0v) is 15.5. The molecule has 3 rings (SSSR count). The van der Waals surface area contributed by atoms with Crippen molar-refractivity contribution in [2.75, 3.05) is 7.11 Å². The molecule has 2 unspecified atom stereocenters. The maximum Gasteiger partial charge on any atom is 0.325 e. The molecule has 0 aliphatic rings. The van der Waals surface area contributed by atoms with Gasteiger partial charge in [-0.2, -0.15) is 0 Å². The lowest BCUT2D eigenvalue weighted by atomic mass is 10.1. The van der Waals surface area contributed by atoms with E-state index in [2.05, 4.69) is 27.8 Å². The number of rotatable bonds is 3. The number of methoxy groups -OCH3 is 1. The van der Waals surface area contributed by atoms with E-state index in [0.717, 1.165) is 22.2 Å². The maximum atomic E-state index is 11.5. The molecule has 1 aromatic carbocycles. The molecule has 8 heteroatoms. The van der Waals surface area contributed by atoms with Crippen LogP contribution in [0.15, 0.2) is 42.7 Å². The molecule has 0 spiro atoms. The van der Waals surface area contributed by atoms with Gasteiger partial charge in [0.1, 0.15) is 6.54 Å². The van der Waals surface area contributed by atoms with Crippen LogP contribution >= 0.6 is 29.5 Å². The number of hydrogen-bond acceptors (Lipinski definition) is 4. The normalized spacial score (nSPS) is 10.1. The summed E-state index contributed by atoms with van der Waals surface area (Å²) in [6, 6.07) is 9.58. The van der Waals surface area contributed by atoms with Gasteiger partial charge in [-0.25, -0.2) is 9.97 Å². The minimum atomic E-state index is -0.303. The molecule has 2 atom stereocenters. The van der Waals surface area contributed by atoms with Crippen LogP contribution in [0.3, 0.4) is 0 Å². The zero-order valence-electron chi connectivity index (χ0n) is 12.4. The molecule has 0 bridgehead atoms. The Balaban J connectivity index is 0.000000924. The Kier molecular flexibility index (Phi) is 6.47. The highest BCUT2D eigenvalue weighted by atomic mass is 35.5. The minimum absolute atomic E-state index is 0.149. The third-order valence-corrected chi connectivity index (χ3v) is 3.40. The number of para-hydroxylation sites is 1. The SMILES string of the molecule is COC(=O)Cn1cc(-c2ccnc(Cl)n2)c2ccccc21.PP. The number of ether oxygens (including phenoxy) is 1. The number of benzene rings is 1. The van der Waals surface area contributed by atoms with Gasteiger partial charge < -0.3 is 9.30 Å². The molecule has 0 aliphatic heterocycles. The molecule has 0 saturated carbocycles. The van der Waals surface area contributed by atoms with Gasteiger partial charge in [0.2, 0.25) is 5.28 Å². The highest BCUT2D eigenvalue weighted by Gasteiger charge is 2.13. The number of halogens is 1. The molecule has 120 valence electrons. The lowest BCUT2D eigenvalue weighted by Crippen LogP contribution is -2.10. The fraction of sp³-hybridized carbons (Fsp3) is 0.133. The van der Waals surface area contributed by atoms with Gasteiger partial charge in [-0.05, 0) is 23.7 Å². The van der Waals surface area contributed by atoms with Crippen LogP contribution in [-0.2, 0) is 16.1 Å². The fourth-order valence-electron chi connectivity index (χ4n) is 2.27. The average Bonchev–Trinajstić information content (AvgIpc) is 2.95. The van der Waals surface area contributed by atoms with Crippen molar-refractivity contribution in [3.8, 4) is 11.3 Å². The highest BCUT2D eigenvalue weighted by Crippen LogP contribution is 2.29.